The van der Waals surface area contributed by atoms with E-state index in [0.29, 0.717) is 33.5 Å². The van der Waals surface area contributed by atoms with E-state index < -0.39 is 11.9 Å². The molecule has 5 saturated carbocycles. The van der Waals surface area contributed by atoms with Crippen molar-refractivity contribution in [1.82, 2.24) is 0 Å². The van der Waals surface area contributed by atoms with Crippen LogP contribution in [0.4, 0.5) is 0 Å². The first kappa shape index (κ1) is 24.8. The number of carboxylic acids is 1. The first-order chi connectivity index (χ1) is 15.8. The molecule has 2 spiro atoms. The molecule has 0 bridgehead atoms. The number of aliphatic carboxylic acids is 1. The number of hydrogen-bond donors (Lipinski definition) is 2. The molecule has 10 unspecified atom stereocenters. The van der Waals surface area contributed by atoms with E-state index in [0.717, 1.165) is 36.7 Å². The van der Waals surface area contributed by atoms with Crippen LogP contribution in [0, 0.1) is 56.7 Å². The number of fused-ring (bicyclic) bond motifs is 2. The lowest BCUT2D eigenvalue weighted by molar-refractivity contribution is -0.161. The van der Waals surface area contributed by atoms with E-state index in [1.807, 2.05) is 0 Å². The van der Waals surface area contributed by atoms with Crippen molar-refractivity contribution in [2.75, 3.05) is 0 Å². The van der Waals surface area contributed by atoms with Gasteiger partial charge in [-0.15, -0.1) is 0 Å². The van der Waals surface area contributed by atoms with Gasteiger partial charge in [0.15, 0.2) is 0 Å². The van der Waals surface area contributed by atoms with Crippen LogP contribution in [0.1, 0.15) is 112 Å². The van der Waals surface area contributed by atoms with Gasteiger partial charge in [0.2, 0.25) is 0 Å². The molecule has 5 aliphatic carbocycles. The second kappa shape index (κ2) is 7.59. The summed E-state index contributed by atoms with van der Waals surface area (Å²) in [7, 11) is 0. The standard InChI is InChI=1S/C31H50O3/c1-19(21(3)26(33)34)8-9-20(2)22-12-14-29(7)24-11-10-23-27(4,5)25(32)13-15-30(23)18-31(24,30)17-16-28(22,29)6/h20-25,32H,1,8-18H2,2-7H3,(H,33,34). The molecule has 0 amide bonds. The van der Waals surface area contributed by atoms with Crippen LogP contribution < -0.4 is 0 Å². The molecule has 0 radical (unpaired) electrons. The molecular formula is C31H50O3. The van der Waals surface area contributed by atoms with E-state index in [1.165, 1.54) is 51.4 Å². The first-order valence-corrected chi connectivity index (χ1v) is 14.4. The lowest BCUT2D eigenvalue weighted by atomic mass is 9.41. The Labute approximate surface area is 208 Å². The van der Waals surface area contributed by atoms with Crippen molar-refractivity contribution in [3.8, 4) is 0 Å². The average molecular weight is 471 g/mol. The Hall–Kier alpha value is -0.830. The molecule has 10 atom stereocenters. The number of hydrogen-bond acceptors (Lipinski definition) is 2. The molecule has 0 aromatic heterocycles. The second-order valence-corrected chi connectivity index (χ2v) is 14.8. The van der Waals surface area contributed by atoms with Crippen LogP contribution in [0.15, 0.2) is 12.2 Å². The van der Waals surface area contributed by atoms with Crippen LogP contribution in [0.2, 0.25) is 0 Å². The highest BCUT2D eigenvalue weighted by Crippen LogP contribution is 2.89. The summed E-state index contributed by atoms with van der Waals surface area (Å²) in [4.78, 5) is 11.4. The topological polar surface area (TPSA) is 57.5 Å². The summed E-state index contributed by atoms with van der Waals surface area (Å²) in [5, 5.41) is 20.2. The predicted molar refractivity (Wildman–Crippen MR) is 137 cm³/mol. The van der Waals surface area contributed by atoms with Gasteiger partial charge in [-0.1, -0.05) is 46.8 Å². The minimum Gasteiger partial charge on any atom is -0.481 e. The van der Waals surface area contributed by atoms with Crippen LogP contribution >= 0.6 is 0 Å². The highest BCUT2D eigenvalue weighted by Gasteiger charge is 2.82. The van der Waals surface area contributed by atoms with Crippen LogP contribution in [0.5, 0.6) is 0 Å². The maximum absolute atomic E-state index is 11.4. The zero-order valence-corrected chi connectivity index (χ0v) is 22.8. The van der Waals surface area contributed by atoms with Crippen molar-refractivity contribution in [2.24, 2.45) is 56.7 Å². The summed E-state index contributed by atoms with van der Waals surface area (Å²) in [6, 6.07) is 0. The van der Waals surface area contributed by atoms with Crippen LogP contribution in [0.25, 0.3) is 0 Å². The second-order valence-electron chi connectivity index (χ2n) is 14.8. The predicted octanol–water partition coefficient (Wildman–Crippen LogP) is 7.48. The third kappa shape index (κ3) is 2.94. The molecule has 5 rings (SSSR count). The molecule has 5 fully saturated rings. The molecule has 34 heavy (non-hydrogen) atoms. The maximum atomic E-state index is 11.4. The zero-order valence-electron chi connectivity index (χ0n) is 22.8. The van der Waals surface area contributed by atoms with E-state index in [1.54, 1.807) is 6.92 Å². The van der Waals surface area contributed by atoms with Gasteiger partial charge < -0.3 is 10.2 Å². The number of aliphatic hydroxyl groups excluding tert-OH is 1. The van der Waals surface area contributed by atoms with E-state index in [-0.39, 0.29) is 11.5 Å². The highest BCUT2D eigenvalue weighted by molar-refractivity contribution is 5.72. The Morgan fingerprint density at radius 1 is 0.912 bits per heavy atom. The van der Waals surface area contributed by atoms with E-state index in [9.17, 15) is 15.0 Å². The van der Waals surface area contributed by atoms with Gasteiger partial charge in [0, 0.05) is 0 Å². The van der Waals surface area contributed by atoms with Gasteiger partial charge >= 0.3 is 5.97 Å². The van der Waals surface area contributed by atoms with E-state index >= 15 is 0 Å². The summed E-state index contributed by atoms with van der Waals surface area (Å²) in [5.41, 5.74) is 2.82. The number of carbonyl (C=O) groups is 1. The fourth-order valence-electron chi connectivity index (χ4n) is 11.3. The first-order valence-electron chi connectivity index (χ1n) is 14.4. The van der Waals surface area contributed by atoms with Gasteiger partial charge in [0.1, 0.15) is 0 Å². The molecule has 3 heteroatoms. The van der Waals surface area contributed by atoms with Crippen molar-refractivity contribution >= 4 is 5.97 Å². The van der Waals surface area contributed by atoms with Crippen LogP contribution in [-0.4, -0.2) is 22.3 Å². The van der Waals surface area contributed by atoms with Gasteiger partial charge in [-0.2, -0.15) is 0 Å². The van der Waals surface area contributed by atoms with Crippen molar-refractivity contribution in [2.45, 2.75) is 118 Å². The van der Waals surface area contributed by atoms with Gasteiger partial charge in [0.25, 0.3) is 0 Å². The molecule has 5 aliphatic rings. The average Bonchev–Trinajstić information content (AvgIpc) is 3.36. The third-order valence-electron chi connectivity index (χ3n) is 13.7. The maximum Gasteiger partial charge on any atom is 0.310 e. The fourth-order valence-corrected chi connectivity index (χ4v) is 11.3. The van der Waals surface area contributed by atoms with Crippen molar-refractivity contribution in [3.63, 3.8) is 0 Å². The van der Waals surface area contributed by atoms with Gasteiger partial charge in [-0.05, 0) is 128 Å². The number of aliphatic hydroxyl groups is 1. The van der Waals surface area contributed by atoms with Crippen molar-refractivity contribution in [1.29, 1.82) is 0 Å². The van der Waals surface area contributed by atoms with Gasteiger partial charge in [-0.25, -0.2) is 0 Å². The smallest absolute Gasteiger partial charge is 0.310 e. The number of rotatable bonds is 6. The molecule has 0 heterocycles. The molecule has 2 N–H and O–H groups in total. The molecule has 0 saturated heterocycles. The Morgan fingerprint density at radius 2 is 1.56 bits per heavy atom. The normalized spacial score (nSPS) is 50.2. The monoisotopic (exact) mass is 470 g/mol. The summed E-state index contributed by atoms with van der Waals surface area (Å²) in [6.07, 6.45) is 13.6. The number of carboxylic acid groups (broad SMARTS) is 1. The molecule has 3 nitrogen and oxygen atoms in total. The molecule has 0 aromatic rings. The van der Waals surface area contributed by atoms with Crippen molar-refractivity contribution < 1.29 is 15.0 Å². The largest absolute Gasteiger partial charge is 0.481 e. The fraction of sp³-hybridized carbons (Fsp3) is 0.903. The molecule has 0 aliphatic heterocycles. The summed E-state index contributed by atoms with van der Waals surface area (Å²) in [6.45, 7) is 18.3. The quantitative estimate of drug-likeness (QED) is 0.396. The van der Waals surface area contributed by atoms with Gasteiger partial charge in [0.05, 0.1) is 12.0 Å². The Kier molecular flexibility index (Phi) is 5.55. The molecular weight excluding hydrogens is 420 g/mol. The third-order valence-corrected chi connectivity index (χ3v) is 13.7. The Morgan fingerprint density at radius 3 is 2.24 bits per heavy atom. The zero-order chi connectivity index (χ0) is 24.9. The van der Waals surface area contributed by atoms with Crippen molar-refractivity contribution in [3.05, 3.63) is 12.2 Å². The minimum atomic E-state index is -0.747. The highest BCUT2D eigenvalue weighted by atomic mass is 16.4. The lowest BCUT2D eigenvalue weighted by Gasteiger charge is -2.63. The summed E-state index contributed by atoms with van der Waals surface area (Å²) in [5.74, 6) is 1.71. The summed E-state index contributed by atoms with van der Waals surface area (Å²) >= 11 is 0. The molecule has 192 valence electrons. The lowest BCUT2D eigenvalue weighted by Crippen LogP contribution is -2.57. The minimum absolute atomic E-state index is 0.0661. The van der Waals surface area contributed by atoms with E-state index in [4.69, 9.17) is 0 Å². The summed E-state index contributed by atoms with van der Waals surface area (Å²) < 4.78 is 0. The molecule has 0 aromatic carbocycles. The van der Waals surface area contributed by atoms with Crippen LogP contribution in [-0.2, 0) is 4.79 Å². The van der Waals surface area contributed by atoms with E-state index in [2.05, 4.69) is 41.2 Å². The van der Waals surface area contributed by atoms with Gasteiger partial charge in [-0.3, -0.25) is 4.79 Å². The Bertz CT molecular complexity index is 876. The van der Waals surface area contributed by atoms with Crippen LogP contribution in [0.3, 0.4) is 0 Å². The Balaban J connectivity index is 1.35. The SMILES string of the molecule is C=C(CCC(C)C1CCC2(C)C3CCC4C(C)(C)C(O)CCC45CC35CCC12C)C(C)C(=O)O.